The van der Waals surface area contributed by atoms with E-state index in [-0.39, 0.29) is 18.2 Å². The fraction of sp³-hybridized carbons (Fsp3) is 0.478. The molecule has 0 heterocycles. The molecule has 0 spiro atoms. The molecule has 0 aromatic heterocycles. The van der Waals surface area contributed by atoms with Crippen LogP contribution in [0.25, 0.3) is 0 Å². The van der Waals surface area contributed by atoms with Crippen molar-refractivity contribution in [1.29, 1.82) is 0 Å². The fourth-order valence-corrected chi connectivity index (χ4v) is 3.68. The van der Waals surface area contributed by atoms with Gasteiger partial charge in [-0.05, 0) is 36.6 Å². The Morgan fingerprint density at radius 3 is 2.32 bits per heavy atom. The van der Waals surface area contributed by atoms with Crippen molar-refractivity contribution in [2.45, 2.75) is 64.1 Å². The molecule has 1 saturated carbocycles. The van der Waals surface area contributed by atoms with Crippen LogP contribution in [0.15, 0.2) is 42.5 Å². The molecule has 0 amide bonds. The molecule has 3 rings (SSSR count). The zero-order valence-electron chi connectivity index (χ0n) is 16.6. The van der Waals surface area contributed by atoms with Gasteiger partial charge in [-0.3, -0.25) is 0 Å². The zero-order chi connectivity index (χ0) is 18.9. The van der Waals surface area contributed by atoms with Crippen LogP contribution in [0.2, 0.25) is 0 Å². The molecule has 28 heavy (non-hydrogen) atoms. The van der Waals surface area contributed by atoms with Crippen molar-refractivity contribution in [3.8, 4) is 11.5 Å². The highest BCUT2D eigenvalue weighted by molar-refractivity contribution is 5.85. The number of methoxy groups -OCH3 is 1. The first-order valence-corrected chi connectivity index (χ1v) is 10.0. The van der Waals surface area contributed by atoms with Gasteiger partial charge in [0.05, 0.1) is 7.11 Å². The molecule has 3 nitrogen and oxygen atoms in total. The first-order valence-electron chi connectivity index (χ1n) is 10.0. The summed E-state index contributed by atoms with van der Waals surface area (Å²) in [5, 5.41) is 3.72. The van der Waals surface area contributed by atoms with E-state index in [4.69, 9.17) is 9.47 Å². The number of hydrogen-bond donors (Lipinski definition) is 1. The normalized spacial score (nSPS) is 15.2. The molecule has 0 unspecified atom stereocenters. The summed E-state index contributed by atoms with van der Waals surface area (Å²) in [4.78, 5) is 0. The minimum absolute atomic E-state index is 0. The summed E-state index contributed by atoms with van der Waals surface area (Å²) >= 11 is 0. The molecule has 2 aromatic carbocycles. The Morgan fingerprint density at radius 2 is 1.64 bits per heavy atom. The lowest BCUT2D eigenvalue weighted by molar-refractivity contribution is 0.279. The lowest BCUT2D eigenvalue weighted by Crippen LogP contribution is -2.29. The second kappa shape index (κ2) is 11.9. The number of nitrogens with one attached hydrogen (secondary N) is 1. The van der Waals surface area contributed by atoms with Gasteiger partial charge in [0.15, 0.2) is 11.5 Å². The summed E-state index contributed by atoms with van der Waals surface area (Å²) in [6.07, 6.45) is 9.19. The highest BCUT2D eigenvalue weighted by Crippen LogP contribution is 2.32. The maximum absolute atomic E-state index is 13.1. The second-order valence-corrected chi connectivity index (χ2v) is 7.29. The van der Waals surface area contributed by atoms with Gasteiger partial charge in [0.2, 0.25) is 0 Å². The number of benzene rings is 2. The quantitative estimate of drug-likeness (QED) is 0.607. The van der Waals surface area contributed by atoms with Crippen molar-refractivity contribution in [3.05, 3.63) is 59.4 Å². The molecule has 0 saturated heterocycles. The lowest BCUT2D eigenvalue weighted by Gasteiger charge is -2.22. The topological polar surface area (TPSA) is 30.5 Å². The fourth-order valence-electron chi connectivity index (χ4n) is 3.68. The van der Waals surface area contributed by atoms with Crippen molar-refractivity contribution in [2.75, 3.05) is 7.11 Å². The minimum atomic E-state index is -0.236. The van der Waals surface area contributed by atoms with Crippen molar-refractivity contribution < 1.29 is 13.9 Å². The van der Waals surface area contributed by atoms with Gasteiger partial charge in [-0.1, -0.05) is 56.4 Å². The lowest BCUT2D eigenvalue weighted by atomic mass is 9.96. The third-order valence-electron chi connectivity index (χ3n) is 5.26. The Kier molecular flexibility index (Phi) is 9.59. The number of rotatable bonds is 7. The monoisotopic (exact) mass is 407 g/mol. The largest absolute Gasteiger partial charge is 0.493 e. The van der Waals surface area contributed by atoms with E-state index in [1.54, 1.807) is 19.2 Å². The van der Waals surface area contributed by atoms with Gasteiger partial charge < -0.3 is 14.8 Å². The predicted molar refractivity (Wildman–Crippen MR) is 114 cm³/mol. The molecular formula is C23H31ClFNO2. The maximum atomic E-state index is 13.1. The van der Waals surface area contributed by atoms with E-state index in [9.17, 15) is 4.39 Å². The zero-order valence-corrected chi connectivity index (χ0v) is 17.4. The summed E-state index contributed by atoms with van der Waals surface area (Å²) < 4.78 is 24.7. The summed E-state index contributed by atoms with van der Waals surface area (Å²) in [6, 6.07) is 13.0. The molecule has 1 aliphatic rings. The average molecular weight is 408 g/mol. The standard InChI is InChI=1S/C23H30FNO2.ClH/c1-26-22-11-7-8-19(16-25-21-9-5-3-2-4-6-10-21)23(22)27-17-18-12-14-20(24)15-13-18;/h7-8,11-15,21,25H,2-6,9-10,16-17H2,1H3;1H. The van der Waals surface area contributed by atoms with Crippen LogP contribution in [0.3, 0.4) is 0 Å². The Bertz CT molecular complexity index is 700. The van der Waals surface area contributed by atoms with Crippen molar-refractivity contribution in [1.82, 2.24) is 5.32 Å². The van der Waals surface area contributed by atoms with E-state index in [1.807, 2.05) is 12.1 Å². The highest BCUT2D eigenvalue weighted by Gasteiger charge is 2.14. The molecule has 0 radical (unpaired) electrons. The first kappa shape index (κ1) is 22.5. The molecule has 0 bridgehead atoms. The molecule has 1 fully saturated rings. The Hall–Kier alpha value is -1.78. The van der Waals surface area contributed by atoms with Crippen molar-refractivity contribution in [3.63, 3.8) is 0 Å². The number of hydrogen-bond acceptors (Lipinski definition) is 3. The Morgan fingerprint density at radius 1 is 0.964 bits per heavy atom. The van der Waals surface area contributed by atoms with E-state index >= 15 is 0 Å². The molecule has 5 heteroatoms. The average Bonchev–Trinajstić information content (AvgIpc) is 2.67. The van der Waals surface area contributed by atoms with Gasteiger partial charge in [0.25, 0.3) is 0 Å². The van der Waals surface area contributed by atoms with E-state index in [0.29, 0.717) is 12.6 Å². The van der Waals surface area contributed by atoms with Gasteiger partial charge in [-0.15, -0.1) is 12.4 Å². The predicted octanol–water partition coefficient (Wildman–Crippen LogP) is 6.04. The third kappa shape index (κ3) is 6.68. The smallest absolute Gasteiger partial charge is 0.166 e. The molecule has 2 aromatic rings. The van der Waals surface area contributed by atoms with Gasteiger partial charge in [0.1, 0.15) is 12.4 Å². The SMILES string of the molecule is COc1cccc(CNC2CCCCCCC2)c1OCc1ccc(F)cc1.Cl. The van der Waals surface area contributed by atoms with E-state index in [2.05, 4.69) is 11.4 Å². The molecule has 154 valence electrons. The number of halogens is 2. The van der Waals surface area contributed by atoms with E-state index < -0.39 is 0 Å². The van der Waals surface area contributed by atoms with Crippen LogP contribution in [-0.4, -0.2) is 13.2 Å². The first-order chi connectivity index (χ1) is 13.3. The van der Waals surface area contributed by atoms with Crippen molar-refractivity contribution in [2.24, 2.45) is 0 Å². The van der Waals surface area contributed by atoms with Crippen LogP contribution in [0.5, 0.6) is 11.5 Å². The van der Waals surface area contributed by atoms with Gasteiger partial charge >= 0.3 is 0 Å². The second-order valence-electron chi connectivity index (χ2n) is 7.29. The highest BCUT2D eigenvalue weighted by atomic mass is 35.5. The molecule has 1 aliphatic carbocycles. The van der Waals surface area contributed by atoms with Crippen LogP contribution in [0.1, 0.15) is 56.1 Å². The van der Waals surface area contributed by atoms with E-state index in [1.165, 1.54) is 57.1 Å². The molecule has 1 N–H and O–H groups in total. The molecular weight excluding hydrogens is 377 g/mol. The summed E-state index contributed by atoms with van der Waals surface area (Å²) in [5.74, 6) is 1.26. The van der Waals surface area contributed by atoms with Crippen LogP contribution in [0, 0.1) is 5.82 Å². The van der Waals surface area contributed by atoms with Crippen LogP contribution >= 0.6 is 12.4 Å². The Labute approximate surface area is 174 Å². The number of ether oxygens (including phenoxy) is 2. The van der Waals surface area contributed by atoms with Crippen molar-refractivity contribution >= 4 is 12.4 Å². The number of para-hydroxylation sites is 1. The van der Waals surface area contributed by atoms with Gasteiger partial charge in [-0.25, -0.2) is 4.39 Å². The molecule has 0 aliphatic heterocycles. The summed E-state index contributed by atoms with van der Waals surface area (Å²) in [7, 11) is 1.66. The van der Waals surface area contributed by atoms with E-state index in [0.717, 1.165) is 29.2 Å². The molecule has 0 atom stereocenters. The van der Waals surface area contributed by atoms with Crippen LogP contribution < -0.4 is 14.8 Å². The van der Waals surface area contributed by atoms with Crippen LogP contribution in [-0.2, 0) is 13.2 Å². The Balaban J connectivity index is 0.00000280. The maximum Gasteiger partial charge on any atom is 0.166 e. The minimum Gasteiger partial charge on any atom is -0.493 e. The van der Waals surface area contributed by atoms with Crippen LogP contribution in [0.4, 0.5) is 4.39 Å². The summed E-state index contributed by atoms with van der Waals surface area (Å²) in [6.45, 7) is 1.15. The summed E-state index contributed by atoms with van der Waals surface area (Å²) in [5.41, 5.74) is 2.03. The third-order valence-corrected chi connectivity index (χ3v) is 5.26. The van der Waals surface area contributed by atoms with Gasteiger partial charge in [-0.2, -0.15) is 0 Å². The van der Waals surface area contributed by atoms with Gasteiger partial charge in [0, 0.05) is 18.2 Å².